The first-order valence-electron chi connectivity index (χ1n) is 8.53. The summed E-state index contributed by atoms with van der Waals surface area (Å²) < 4.78 is 11.3. The molecule has 2 rings (SSSR count). The largest absolute Gasteiger partial charge is 0.478 e. The molecular weight excluding hydrogens is 320 g/mol. The summed E-state index contributed by atoms with van der Waals surface area (Å²) in [4.78, 5) is 22.7. The zero-order valence-electron chi connectivity index (χ0n) is 14.2. The Hall–Kier alpha value is -2.40. The molecule has 1 aromatic rings. The van der Waals surface area contributed by atoms with Gasteiger partial charge in [0.1, 0.15) is 6.10 Å². The second-order valence-electron chi connectivity index (χ2n) is 6.05. The minimum atomic E-state index is -1.01. The van der Waals surface area contributed by atoms with Gasteiger partial charge in [-0.3, -0.25) is 0 Å². The Morgan fingerprint density at radius 3 is 2.36 bits per heavy atom. The standard InChI is InChI=1S/C20H24O5/c1-2-3-14-24-17-9-11-18(12-10-17)25-20(23)16-7-4-15(5-8-16)6-13-19(21)22/h2,4-8,13,17-18H,1,3,9-12,14H2,(H,21,22). The number of hydrogen-bond acceptors (Lipinski definition) is 4. The van der Waals surface area contributed by atoms with Gasteiger partial charge in [-0.15, -0.1) is 6.58 Å². The van der Waals surface area contributed by atoms with Gasteiger partial charge in [0.15, 0.2) is 0 Å². The van der Waals surface area contributed by atoms with Gasteiger partial charge in [-0.25, -0.2) is 9.59 Å². The Kier molecular flexibility index (Phi) is 7.41. The van der Waals surface area contributed by atoms with Crippen molar-refractivity contribution in [1.29, 1.82) is 0 Å². The van der Waals surface area contributed by atoms with E-state index in [4.69, 9.17) is 14.6 Å². The molecule has 5 heteroatoms. The monoisotopic (exact) mass is 344 g/mol. The smallest absolute Gasteiger partial charge is 0.338 e. The van der Waals surface area contributed by atoms with Crippen LogP contribution in [0, 0.1) is 0 Å². The topological polar surface area (TPSA) is 72.8 Å². The molecule has 0 bridgehead atoms. The zero-order chi connectivity index (χ0) is 18.1. The van der Waals surface area contributed by atoms with Crippen LogP contribution in [-0.2, 0) is 14.3 Å². The van der Waals surface area contributed by atoms with E-state index < -0.39 is 5.97 Å². The van der Waals surface area contributed by atoms with E-state index >= 15 is 0 Å². The van der Waals surface area contributed by atoms with E-state index in [2.05, 4.69) is 6.58 Å². The van der Waals surface area contributed by atoms with Crippen molar-refractivity contribution in [3.63, 3.8) is 0 Å². The summed E-state index contributed by atoms with van der Waals surface area (Å²) >= 11 is 0. The molecule has 0 amide bonds. The first-order valence-corrected chi connectivity index (χ1v) is 8.53. The van der Waals surface area contributed by atoms with Crippen LogP contribution >= 0.6 is 0 Å². The number of carbonyl (C=O) groups excluding carboxylic acids is 1. The average Bonchev–Trinajstić information content (AvgIpc) is 2.62. The Morgan fingerprint density at radius 2 is 1.76 bits per heavy atom. The number of carboxylic acid groups (broad SMARTS) is 1. The predicted octanol–water partition coefficient (Wildman–Crippen LogP) is 3.85. The molecule has 1 fully saturated rings. The second-order valence-corrected chi connectivity index (χ2v) is 6.05. The first kappa shape index (κ1) is 18.9. The molecule has 1 aliphatic carbocycles. The van der Waals surface area contributed by atoms with Crippen LogP contribution in [0.4, 0.5) is 0 Å². The highest BCUT2D eigenvalue weighted by atomic mass is 16.5. The molecule has 1 saturated carbocycles. The van der Waals surface area contributed by atoms with Gasteiger partial charge in [0.05, 0.1) is 18.3 Å². The van der Waals surface area contributed by atoms with Gasteiger partial charge < -0.3 is 14.6 Å². The van der Waals surface area contributed by atoms with Crippen LogP contribution in [0.25, 0.3) is 6.08 Å². The Labute approximate surface area is 147 Å². The lowest BCUT2D eigenvalue weighted by Gasteiger charge is -2.28. The SMILES string of the molecule is C=CCCOC1CCC(OC(=O)c2ccc(C=CC(=O)O)cc2)CC1. The maximum atomic E-state index is 12.2. The molecule has 25 heavy (non-hydrogen) atoms. The number of carboxylic acids is 1. The minimum Gasteiger partial charge on any atom is -0.478 e. The number of carbonyl (C=O) groups is 2. The van der Waals surface area contributed by atoms with Crippen molar-refractivity contribution in [2.75, 3.05) is 6.61 Å². The van der Waals surface area contributed by atoms with Gasteiger partial charge in [-0.1, -0.05) is 18.2 Å². The maximum Gasteiger partial charge on any atom is 0.338 e. The third-order valence-electron chi connectivity index (χ3n) is 4.14. The minimum absolute atomic E-state index is 0.0710. The van der Waals surface area contributed by atoms with Crippen LogP contribution < -0.4 is 0 Å². The second kappa shape index (κ2) is 9.79. The fourth-order valence-corrected chi connectivity index (χ4v) is 2.75. The van der Waals surface area contributed by atoms with E-state index in [1.165, 1.54) is 6.08 Å². The molecule has 134 valence electrons. The number of hydrogen-bond donors (Lipinski definition) is 1. The fourth-order valence-electron chi connectivity index (χ4n) is 2.75. The molecular formula is C20H24O5. The fraction of sp³-hybridized carbons (Fsp3) is 0.400. The number of esters is 1. The first-order chi connectivity index (χ1) is 12.1. The summed E-state index contributed by atoms with van der Waals surface area (Å²) in [5, 5.41) is 8.60. The number of ether oxygens (including phenoxy) is 2. The van der Waals surface area contributed by atoms with E-state index in [-0.39, 0.29) is 18.2 Å². The lowest BCUT2D eigenvalue weighted by atomic mass is 9.95. The highest BCUT2D eigenvalue weighted by Gasteiger charge is 2.24. The van der Waals surface area contributed by atoms with Gasteiger partial charge in [-0.2, -0.15) is 0 Å². The average molecular weight is 344 g/mol. The van der Waals surface area contributed by atoms with Crippen molar-refractivity contribution in [1.82, 2.24) is 0 Å². The molecule has 0 aromatic heterocycles. The van der Waals surface area contributed by atoms with Gasteiger partial charge in [0.25, 0.3) is 0 Å². The maximum absolute atomic E-state index is 12.2. The molecule has 1 aromatic carbocycles. The van der Waals surface area contributed by atoms with Crippen LogP contribution in [-0.4, -0.2) is 35.9 Å². The third kappa shape index (κ3) is 6.55. The number of benzene rings is 1. The van der Waals surface area contributed by atoms with E-state index in [0.717, 1.165) is 43.7 Å². The van der Waals surface area contributed by atoms with Crippen molar-refractivity contribution < 1.29 is 24.2 Å². The molecule has 0 aliphatic heterocycles. The third-order valence-corrected chi connectivity index (χ3v) is 4.14. The van der Waals surface area contributed by atoms with E-state index in [1.807, 2.05) is 6.08 Å². The summed E-state index contributed by atoms with van der Waals surface area (Å²) in [6, 6.07) is 6.68. The molecule has 0 unspecified atom stereocenters. The molecule has 0 atom stereocenters. The van der Waals surface area contributed by atoms with Crippen molar-refractivity contribution in [2.24, 2.45) is 0 Å². The summed E-state index contributed by atoms with van der Waals surface area (Å²) in [5.74, 6) is -1.35. The van der Waals surface area contributed by atoms with Crippen LogP contribution in [0.2, 0.25) is 0 Å². The molecule has 0 saturated heterocycles. The van der Waals surface area contributed by atoms with E-state index in [1.54, 1.807) is 24.3 Å². The van der Waals surface area contributed by atoms with Gasteiger partial charge >= 0.3 is 11.9 Å². The van der Waals surface area contributed by atoms with Crippen molar-refractivity contribution >= 4 is 18.0 Å². The van der Waals surface area contributed by atoms with Crippen molar-refractivity contribution in [3.8, 4) is 0 Å². The molecule has 0 radical (unpaired) electrons. The number of aliphatic carboxylic acids is 1. The van der Waals surface area contributed by atoms with Gasteiger partial charge in [-0.05, 0) is 55.9 Å². The Bertz CT molecular complexity index is 609. The summed E-state index contributed by atoms with van der Waals surface area (Å²) in [7, 11) is 0. The lowest BCUT2D eigenvalue weighted by Crippen LogP contribution is -2.28. The van der Waals surface area contributed by atoms with Crippen LogP contribution in [0.3, 0.4) is 0 Å². The summed E-state index contributed by atoms with van der Waals surface area (Å²) in [6.07, 6.45) is 8.82. The van der Waals surface area contributed by atoms with E-state index in [0.29, 0.717) is 12.2 Å². The quantitative estimate of drug-likeness (QED) is 0.336. The Balaban J connectivity index is 1.78. The van der Waals surface area contributed by atoms with Crippen molar-refractivity contribution in [3.05, 3.63) is 54.1 Å². The summed E-state index contributed by atoms with van der Waals surface area (Å²) in [5.41, 5.74) is 1.19. The Morgan fingerprint density at radius 1 is 1.12 bits per heavy atom. The molecule has 5 nitrogen and oxygen atoms in total. The van der Waals surface area contributed by atoms with Crippen LogP contribution in [0.15, 0.2) is 43.0 Å². The van der Waals surface area contributed by atoms with Gasteiger partial charge in [0.2, 0.25) is 0 Å². The van der Waals surface area contributed by atoms with Crippen LogP contribution in [0.5, 0.6) is 0 Å². The van der Waals surface area contributed by atoms with Crippen molar-refractivity contribution in [2.45, 2.75) is 44.3 Å². The van der Waals surface area contributed by atoms with Gasteiger partial charge in [0, 0.05) is 6.08 Å². The zero-order valence-corrected chi connectivity index (χ0v) is 14.2. The predicted molar refractivity (Wildman–Crippen MR) is 95.3 cm³/mol. The normalized spacial score (nSPS) is 20.3. The molecule has 0 heterocycles. The lowest BCUT2D eigenvalue weighted by molar-refractivity contribution is -0.131. The number of rotatable bonds is 8. The van der Waals surface area contributed by atoms with E-state index in [9.17, 15) is 9.59 Å². The summed E-state index contributed by atoms with van der Waals surface area (Å²) in [6.45, 7) is 4.37. The molecule has 1 aliphatic rings. The van der Waals surface area contributed by atoms with Crippen LogP contribution in [0.1, 0.15) is 48.0 Å². The highest BCUT2D eigenvalue weighted by Crippen LogP contribution is 2.24. The molecule has 1 N–H and O–H groups in total. The molecule has 0 spiro atoms. The highest BCUT2D eigenvalue weighted by molar-refractivity contribution is 5.90.